The number of carbonyl (C=O) groups is 1. The van der Waals surface area contributed by atoms with Gasteiger partial charge >= 0.3 is 0 Å². The lowest BCUT2D eigenvalue weighted by molar-refractivity contribution is -0.118. The molecular formula is C12H17N3O3S2. The van der Waals surface area contributed by atoms with Crippen LogP contribution >= 0.6 is 12.2 Å². The standard InChI is InChI=1S/C12H17N3O3S2/c1-8(2)15(7-11(13)16)20(17,18)10-6-4-3-5-9(10)12(14)19/h3-6,8H,7H2,1-2H3,(H2,13,16)(H2,14,19). The number of benzene rings is 1. The molecule has 0 aliphatic rings. The minimum absolute atomic E-state index is 0.0213. The molecule has 4 N–H and O–H groups in total. The second-order valence-electron chi connectivity index (χ2n) is 4.47. The van der Waals surface area contributed by atoms with Gasteiger partial charge in [-0.2, -0.15) is 4.31 Å². The molecule has 0 aliphatic heterocycles. The third-order valence-corrected chi connectivity index (χ3v) is 4.93. The number of amides is 1. The summed E-state index contributed by atoms with van der Waals surface area (Å²) in [6.07, 6.45) is 0. The maximum absolute atomic E-state index is 12.6. The van der Waals surface area contributed by atoms with Crippen molar-refractivity contribution in [3.63, 3.8) is 0 Å². The highest BCUT2D eigenvalue weighted by molar-refractivity contribution is 7.89. The average molecular weight is 315 g/mol. The molecule has 1 amide bonds. The van der Waals surface area contributed by atoms with Crippen LogP contribution < -0.4 is 11.5 Å². The molecule has 0 unspecified atom stereocenters. The topological polar surface area (TPSA) is 106 Å². The van der Waals surface area contributed by atoms with Crippen molar-refractivity contribution < 1.29 is 13.2 Å². The average Bonchev–Trinajstić information content (AvgIpc) is 2.35. The third kappa shape index (κ3) is 3.53. The van der Waals surface area contributed by atoms with Gasteiger partial charge in [-0.15, -0.1) is 0 Å². The van der Waals surface area contributed by atoms with Gasteiger partial charge in [-0.1, -0.05) is 30.4 Å². The lowest BCUT2D eigenvalue weighted by atomic mass is 10.2. The summed E-state index contributed by atoms with van der Waals surface area (Å²) in [5.74, 6) is -0.727. The predicted octanol–water partition coefficient (Wildman–Crippen LogP) is 0.205. The summed E-state index contributed by atoms with van der Waals surface area (Å²) in [6, 6.07) is 5.71. The zero-order valence-electron chi connectivity index (χ0n) is 11.2. The molecule has 1 aromatic carbocycles. The number of sulfonamides is 1. The van der Waals surface area contributed by atoms with Crippen LogP contribution in [-0.2, 0) is 14.8 Å². The third-order valence-electron chi connectivity index (χ3n) is 2.63. The van der Waals surface area contributed by atoms with Gasteiger partial charge in [0.1, 0.15) is 4.99 Å². The molecule has 1 rings (SSSR count). The number of thiocarbonyl (C=S) groups is 1. The number of nitrogens with zero attached hydrogens (tertiary/aromatic N) is 1. The monoisotopic (exact) mass is 315 g/mol. The van der Waals surface area contributed by atoms with Crippen LogP contribution in [0.1, 0.15) is 19.4 Å². The maximum atomic E-state index is 12.6. The van der Waals surface area contributed by atoms with Crippen molar-refractivity contribution in [1.82, 2.24) is 4.31 Å². The summed E-state index contributed by atoms with van der Waals surface area (Å²) in [6.45, 7) is 2.92. The number of hydrogen-bond donors (Lipinski definition) is 2. The van der Waals surface area contributed by atoms with E-state index >= 15 is 0 Å². The molecular weight excluding hydrogens is 298 g/mol. The van der Waals surface area contributed by atoms with E-state index in [1.54, 1.807) is 26.0 Å². The van der Waals surface area contributed by atoms with Crippen LogP contribution in [0.25, 0.3) is 0 Å². The molecule has 0 atom stereocenters. The van der Waals surface area contributed by atoms with Gasteiger partial charge in [0.15, 0.2) is 0 Å². The fraction of sp³-hybridized carbons (Fsp3) is 0.333. The molecule has 0 aliphatic carbocycles. The van der Waals surface area contributed by atoms with Crippen molar-refractivity contribution in [1.29, 1.82) is 0 Å². The Morgan fingerprint density at radius 1 is 1.30 bits per heavy atom. The molecule has 0 radical (unpaired) electrons. The second kappa shape index (κ2) is 6.29. The van der Waals surface area contributed by atoms with E-state index in [-0.39, 0.29) is 15.4 Å². The van der Waals surface area contributed by atoms with E-state index in [4.69, 9.17) is 23.7 Å². The van der Waals surface area contributed by atoms with Crippen LogP contribution in [0, 0.1) is 0 Å². The first-order chi connectivity index (χ1) is 9.17. The summed E-state index contributed by atoms with van der Waals surface area (Å²) < 4.78 is 26.3. The zero-order valence-corrected chi connectivity index (χ0v) is 12.9. The van der Waals surface area contributed by atoms with Crippen LogP contribution in [0.4, 0.5) is 0 Å². The van der Waals surface area contributed by atoms with Gasteiger partial charge in [0.25, 0.3) is 0 Å². The molecule has 0 saturated carbocycles. The fourth-order valence-corrected chi connectivity index (χ4v) is 3.77. The van der Waals surface area contributed by atoms with Gasteiger partial charge in [-0.05, 0) is 19.9 Å². The summed E-state index contributed by atoms with van der Waals surface area (Å²) in [5, 5.41) is 0. The highest BCUT2D eigenvalue weighted by atomic mass is 32.2. The van der Waals surface area contributed by atoms with E-state index in [9.17, 15) is 13.2 Å². The molecule has 8 heteroatoms. The minimum Gasteiger partial charge on any atom is -0.389 e. The van der Waals surface area contributed by atoms with E-state index in [0.717, 1.165) is 4.31 Å². The number of primary amides is 1. The molecule has 20 heavy (non-hydrogen) atoms. The first-order valence-corrected chi connectivity index (χ1v) is 7.71. The van der Waals surface area contributed by atoms with Crippen molar-refractivity contribution in [3.05, 3.63) is 29.8 Å². The van der Waals surface area contributed by atoms with Crippen molar-refractivity contribution >= 4 is 33.1 Å². The number of rotatable bonds is 6. The summed E-state index contributed by atoms with van der Waals surface area (Å²) in [4.78, 5) is 11.0. The summed E-state index contributed by atoms with van der Waals surface area (Å²) >= 11 is 4.86. The van der Waals surface area contributed by atoms with Crippen molar-refractivity contribution in [2.24, 2.45) is 11.5 Å². The Morgan fingerprint density at radius 3 is 2.30 bits per heavy atom. The Labute approximate surface area is 123 Å². The van der Waals surface area contributed by atoms with Crippen LogP contribution in [0.3, 0.4) is 0 Å². The molecule has 0 fully saturated rings. The zero-order chi connectivity index (χ0) is 15.5. The van der Waals surface area contributed by atoms with Gasteiger partial charge in [-0.25, -0.2) is 8.42 Å². The van der Waals surface area contributed by atoms with E-state index in [1.807, 2.05) is 0 Å². The van der Waals surface area contributed by atoms with Crippen LogP contribution in [-0.4, -0.2) is 36.2 Å². The largest absolute Gasteiger partial charge is 0.389 e. The fourth-order valence-electron chi connectivity index (χ4n) is 1.72. The summed E-state index contributed by atoms with van der Waals surface area (Å²) in [5.41, 5.74) is 10.9. The van der Waals surface area contributed by atoms with E-state index in [0.29, 0.717) is 0 Å². The number of carbonyl (C=O) groups excluding carboxylic acids is 1. The smallest absolute Gasteiger partial charge is 0.244 e. The molecule has 6 nitrogen and oxygen atoms in total. The van der Waals surface area contributed by atoms with Crippen LogP contribution in [0.2, 0.25) is 0 Å². The Bertz CT molecular complexity index is 627. The van der Waals surface area contributed by atoms with Crippen molar-refractivity contribution in [3.8, 4) is 0 Å². The van der Waals surface area contributed by atoms with E-state index in [1.165, 1.54) is 12.1 Å². The second-order valence-corrected chi connectivity index (χ2v) is 6.77. The normalized spacial score (nSPS) is 11.8. The maximum Gasteiger partial charge on any atom is 0.244 e. The van der Waals surface area contributed by atoms with Crippen LogP contribution in [0.5, 0.6) is 0 Å². The molecule has 0 aromatic heterocycles. The Balaban J connectivity index is 3.41. The lowest BCUT2D eigenvalue weighted by Crippen LogP contribution is -2.43. The number of nitrogens with two attached hydrogens (primary N) is 2. The van der Waals surface area contributed by atoms with Crippen LogP contribution in [0.15, 0.2) is 29.2 Å². The molecule has 0 bridgehead atoms. The highest BCUT2D eigenvalue weighted by Gasteiger charge is 2.30. The molecule has 1 aromatic rings. The van der Waals surface area contributed by atoms with Gasteiger partial charge < -0.3 is 11.5 Å². The highest BCUT2D eigenvalue weighted by Crippen LogP contribution is 2.21. The molecule has 110 valence electrons. The van der Waals surface area contributed by atoms with Crippen molar-refractivity contribution in [2.45, 2.75) is 24.8 Å². The molecule has 0 heterocycles. The first kappa shape index (κ1) is 16.5. The first-order valence-electron chi connectivity index (χ1n) is 5.87. The molecule has 0 spiro atoms. The SMILES string of the molecule is CC(C)N(CC(N)=O)S(=O)(=O)c1ccccc1C(N)=S. The molecule has 0 saturated heterocycles. The number of hydrogen-bond acceptors (Lipinski definition) is 4. The lowest BCUT2D eigenvalue weighted by Gasteiger charge is -2.25. The Morgan fingerprint density at radius 2 is 1.85 bits per heavy atom. The Hall–Kier alpha value is -1.51. The van der Waals surface area contributed by atoms with Gasteiger partial charge in [0, 0.05) is 11.6 Å². The van der Waals surface area contributed by atoms with Gasteiger partial charge in [-0.3, -0.25) is 4.79 Å². The van der Waals surface area contributed by atoms with Gasteiger partial charge in [0.2, 0.25) is 15.9 Å². The van der Waals surface area contributed by atoms with E-state index in [2.05, 4.69) is 0 Å². The predicted molar refractivity (Wildman–Crippen MR) is 80.6 cm³/mol. The van der Waals surface area contributed by atoms with Crippen molar-refractivity contribution in [2.75, 3.05) is 6.54 Å². The summed E-state index contributed by atoms with van der Waals surface area (Å²) in [7, 11) is -3.91. The Kier molecular flexibility index (Phi) is 5.21. The van der Waals surface area contributed by atoms with E-state index < -0.39 is 28.5 Å². The minimum atomic E-state index is -3.91. The van der Waals surface area contributed by atoms with Gasteiger partial charge in [0.05, 0.1) is 11.4 Å². The quantitative estimate of drug-likeness (QED) is 0.730.